The fraction of sp³-hybridized carbons (Fsp3) is 0.400. The van der Waals surface area contributed by atoms with Gasteiger partial charge in [-0.2, -0.15) is 0 Å². The summed E-state index contributed by atoms with van der Waals surface area (Å²) in [5, 5.41) is 14.9. The average Bonchev–Trinajstić information content (AvgIpc) is 3.01. The minimum absolute atomic E-state index is 0. The quantitative estimate of drug-likeness (QED) is 0.887. The second kappa shape index (κ2) is 7.77. The predicted octanol–water partition coefficient (Wildman–Crippen LogP) is 2.84. The van der Waals surface area contributed by atoms with E-state index in [4.69, 9.17) is 11.6 Å². The second-order valence-corrected chi connectivity index (χ2v) is 5.91. The van der Waals surface area contributed by atoms with Crippen LogP contribution in [0.4, 0.5) is 5.69 Å². The molecule has 2 N–H and O–H groups in total. The highest BCUT2D eigenvalue weighted by Crippen LogP contribution is 2.21. The third-order valence-corrected chi connectivity index (χ3v) is 4.10. The van der Waals surface area contributed by atoms with Gasteiger partial charge in [0.05, 0.1) is 12.2 Å². The van der Waals surface area contributed by atoms with Crippen LogP contribution in [0.5, 0.6) is 0 Å². The number of carbonyl (C=O) groups excluding carboxylic acids is 1. The van der Waals surface area contributed by atoms with Gasteiger partial charge >= 0.3 is 0 Å². The summed E-state index contributed by atoms with van der Waals surface area (Å²) < 4.78 is 1.80. The summed E-state index contributed by atoms with van der Waals surface area (Å²) in [6, 6.07) is 5.65. The molecule has 1 aromatic carbocycles. The number of piperidine rings is 1. The van der Waals surface area contributed by atoms with Crippen molar-refractivity contribution >= 4 is 35.6 Å². The molecule has 1 fully saturated rings. The number of hydrogen-bond acceptors (Lipinski definition) is 4. The van der Waals surface area contributed by atoms with Crippen LogP contribution in [0.25, 0.3) is 0 Å². The summed E-state index contributed by atoms with van der Waals surface area (Å²) in [5.41, 5.74) is 1.96. The van der Waals surface area contributed by atoms with Crippen molar-refractivity contribution in [3.05, 3.63) is 40.7 Å². The Morgan fingerprint density at radius 3 is 2.83 bits per heavy atom. The second-order valence-electron chi connectivity index (χ2n) is 5.48. The topological polar surface area (TPSA) is 71.8 Å². The molecule has 0 bridgehead atoms. The maximum Gasteiger partial charge on any atom is 0.277 e. The van der Waals surface area contributed by atoms with Crippen LogP contribution in [-0.2, 0) is 0 Å². The standard InChI is InChI=1S/C15H18ClN5O.ClH/c1-10-8-11(16)2-3-13(10)18-15(22)14-9-21(20-19-14)12-4-6-17-7-5-12;/h2-3,8-9,12,17H,4-7H2,1H3,(H,18,22);1H. The minimum Gasteiger partial charge on any atom is -0.320 e. The summed E-state index contributed by atoms with van der Waals surface area (Å²) in [7, 11) is 0. The van der Waals surface area contributed by atoms with E-state index in [1.807, 2.05) is 13.0 Å². The van der Waals surface area contributed by atoms with Gasteiger partial charge < -0.3 is 10.6 Å². The third kappa shape index (κ3) is 4.22. The average molecular weight is 356 g/mol. The first-order valence-electron chi connectivity index (χ1n) is 7.33. The largest absolute Gasteiger partial charge is 0.320 e. The maximum absolute atomic E-state index is 12.3. The van der Waals surface area contributed by atoms with Crippen LogP contribution in [0.15, 0.2) is 24.4 Å². The first-order chi connectivity index (χ1) is 10.6. The van der Waals surface area contributed by atoms with Gasteiger partial charge in [-0.15, -0.1) is 17.5 Å². The number of nitrogens with zero attached hydrogens (tertiary/aromatic N) is 3. The molecular weight excluding hydrogens is 337 g/mol. The summed E-state index contributed by atoms with van der Waals surface area (Å²) in [6.45, 7) is 3.83. The van der Waals surface area contributed by atoms with E-state index in [-0.39, 0.29) is 18.3 Å². The van der Waals surface area contributed by atoms with E-state index in [1.165, 1.54) is 0 Å². The molecule has 0 aliphatic carbocycles. The van der Waals surface area contributed by atoms with Crippen LogP contribution < -0.4 is 10.6 Å². The van der Waals surface area contributed by atoms with Crippen molar-refractivity contribution in [2.24, 2.45) is 0 Å². The lowest BCUT2D eigenvalue weighted by Gasteiger charge is -2.22. The SMILES string of the molecule is Cc1cc(Cl)ccc1NC(=O)c1cn(C2CCNCC2)nn1.Cl. The Morgan fingerprint density at radius 2 is 2.13 bits per heavy atom. The molecule has 0 atom stereocenters. The van der Waals surface area contributed by atoms with E-state index in [9.17, 15) is 4.79 Å². The number of benzene rings is 1. The number of nitrogens with one attached hydrogen (secondary N) is 2. The molecule has 23 heavy (non-hydrogen) atoms. The lowest BCUT2D eigenvalue weighted by atomic mass is 10.1. The summed E-state index contributed by atoms with van der Waals surface area (Å²) in [6.07, 6.45) is 3.72. The van der Waals surface area contributed by atoms with Gasteiger partial charge in [-0.25, -0.2) is 4.68 Å². The third-order valence-electron chi connectivity index (χ3n) is 3.86. The zero-order chi connectivity index (χ0) is 15.5. The Balaban J connectivity index is 0.00000192. The van der Waals surface area contributed by atoms with Crippen molar-refractivity contribution < 1.29 is 4.79 Å². The maximum atomic E-state index is 12.3. The van der Waals surface area contributed by atoms with E-state index < -0.39 is 0 Å². The molecule has 1 aliphatic heterocycles. The highest BCUT2D eigenvalue weighted by Gasteiger charge is 2.19. The number of hydrogen-bond donors (Lipinski definition) is 2. The molecule has 8 heteroatoms. The fourth-order valence-corrected chi connectivity index (χ4v) is 2.81. The molecule has 3 rings (SSSR count). The highest BCUT2D eigenvalue weighted by atomic mass is 35.5. The van der Waals surface area contributed by atoms with E-state index in [2.05, 4.69) is 20.9 Å². The Kier molecular flexibility index (Phi) is 5.98. The van der Waals surface area contributed by atoms with E-state index >= 15 is 0 Å². The smallest absolute Gasteiger partial charge is 0.277 e. The van der Waals surface area contributed by atoms with E-state index in [1.54, 1.807) is 23.0 Å². The van der Waals surface area contributed by atoms with Crippen LogP contribution in [0.1, 0.15) is 34.9 Å². The molecule has 0 spiro atoms. The monoisotopic (exact) mass is 355 g/mol. The van der Waals surface area contributed by atoms with Crippen molar-refractivity contribution in [1.29, 1.82) is 0 Å². The minimum atomic E-state index is -0.259. The van der Waals surface area contributed by atoms with Crippen LogP contribution >= 0.6 is 24.0 Å². The highest BCUT2D eigenvalue weighted by molar-refractivity contribution is 6.30. The lowest BCUT2D eigenvalue weighted by molar-refractivity contribution is 0.102. The van der Waals surface area contributed by atoms with Crippen molar-refractivity contribution in [1.82, 2.24) is 20.3 Å². The molecule has 2 heterocycles. The number of aromatic nitrogens is 3. The molecule has 1 saturated heterocycles. The molecule has 1 aliphatic rings. The molecular formula is C15H19Cl2N5O. The van der Waals surface area contributed by atoms with Crippen LogP contribution in [0.2, 0.25) is 5.02 Å². The molecule has 0 unspecified atom stereocenters. The van der Waals surface area contributed by atoms with Crippen molar-refractivity contribution in [3.63, 3.8) is 0 Å². The molecule has 2 aromatic rings. The molecule has 1 aromatic heterocycles. The van der Waals surface area contributed by atoms with Crippen molar-refractivity contribution in [2.45, 2.75) is 25.8 Å². The number of rotatable bonds is 3. The Hall–Kier alpha value is -1.63. The molecule has 0 saturated carbocycles. The molecule has 1 amide bonds. The first kappa shape index (κ1) is 17.7. The van der Waals surface area contributed by atoms with Crippen molar-refractivity contribution in [3.8, 4) is 0 Å². The molecule has 124 valence electrons. The van der Waals surface area contributed by atoms with Gasteiger partial charge in [0, 0.05) is 10.7 Å². The summed E-state index contributed by atoms with van der Waals surface area (Å²) in [4.78, 5) is 12.3. The van der Waals surface area contributed by atoms with Gasteiger partial charge in [0.2, 0.25) is 0 Å². The number of halogens is 2. The Bertz CT molecular complexity index is 682. The normalized spacial score (nSPS) is 15.0. The zero-order valence-electron chi connectivity index (χ0n) is 12.8. The van der Waals surface area contributed by atoms with Crippen LogP contribution in [0, 0.1) is 6.92 Å². The molecule has 6 nitrogen and oxygen atoms in total. The van der Waals surface area contributed by atoms with Crippen LogP contribution in [0.3, 0.4) is 0 Å². The van der Waals surface area contributed by atoms with Gasteiger partial charge in [0.25, 0.3) is 5.91 Å². The summed E-state index contributed by atoms with van der Waals surface area (Å²) in [5.74, 6) is -0.259. The van der Waals surface area contributed by atoms with Gasteiger partial charge in [-0.3, -0.25) is 4.79 Å². The molecule has 0 radical (unpaired) electrons. The van der Waals surface area contributed by atoms with Gasteiger partial charge in [-0.1, -0.05) is 16.8 Å². The van der Waals surface area contributed by atoms with Crippen molar-refractivity contribution in [2.75, 3.05) is 18.4 Å². The van der Waals surface area contributed by atoms with Gasteiger partial charge in [0.15, 0.2) is 5.69 Å². The Labute approximate surface area is 146 Å². The predicted molar refractivity (Wildman–Crippen MR) is 92.6 cm³/mol. The Morgan fingerprint density at radius 1 is 1.39 bits per heavy atom. The zero-order valence-corrected chi connectivity index (χ0v) is 14.3. The number of carbonyl (C=O) groups is 1. The van der Waals surface area contributed by atoms with Gasteiger partial charge in [-0.05, 0) is 56.6 Å². The number of anilines is 1. The van der Waals surface area contributed by atoms with E-state index in [0.29, 0.717) is 16.8 Å². The fourth-order valence-electron chi connectivity index (χ4n) is 2.58. The number of amides is 1. The summed E-state index contributed by atoms with van der Waals surface area (Å²) >= 11 is 5.92. The van der Waals surface area contributed by atoms with E-state index in [0.717, 1.165) is 37.2 Å². The van der Waals surface area contributed by atoms with Crippen LogP contribution in [-0.4, -0.2) is 34.0 Å². The van der Waals surface area contributed by atoms with Gasteiger partial charge in [0.1, 0.15) is 0 Å². The number of aryl methyl sites for hydroxylation is 1. The lowest BCUT2D eigenvalue weighted by Crippen LogP contribution is -2.29. The first-order valence-corrected chi connectivity index (χ1v) is 7.71.